The van der Waals surface area contributed by atoms with Crippen molar-refractivity contribution in [2.24, 2.45) is 0 Å². The summed E-state index contributed by atoms with van der Waals surface area (Å²) in [5.41, 5.74) is 2.31. The molecule has 0 bridgehead atoms. The smallest absolute Gasteiger partial charge is 0.258 e. The van der Waals surface area contributed by atoms with E-state index in [9.17, 15) is 4.79 Å². The lowest BCUT2D eigenvalue weighted by atomic mass is 10.1. The second-order valence-corrected chi connectivity index (χ2v) is 5.49. The molecular formula is C19H23NO4. The van der Waals surface area contributed by atoms with Gasteiger partial charge < -0.3 is 19.5 Å². The molecule has 0 aliphatic heterocycles. The molecule has 0 fully saturated rings. The molecule has 0 aliphatic carbocycles. The van der Waals surface area contributed by atoms with E-state index < -0.39 is 0 Å². The quantitative estimate of drug-likeness (QED) is 0.757. The van der Waals surface area contributed by atoms with E-state index in [1.807, 2.05) is 26.0 Å². The summed E-state index contributed by atoms with van der Waals surface area (Å²) in [6, 6.07) is 13.1. The Hall–Kier alpha value is -2.69. The first kappa shape index (κ1) is 17.7. The lowest BCUT2D eigenvalue weighted by Crippen LogP contribution is -2.32. The number of amides is 1. The largest absolute Gasteiger partial charge is 0.497 e. The molecule has 2 aromatic rings. The Morgan fingerprint density at radius 1 is 0.917 bits per heavy atom. The van der Waals surface area contributed by atoms with Crippen molar-refractivity contribution < 1.29 is 19.0 Å². The van der Waals surface area contributed by atoms with E-state index >= 15 is 0 Å². The van der Waals surface area contributed by atoms with Crippen LogP contribution in [0.5, 0.6) is 17.2 Å². The third-order valence-corrected chi connectivity index (χ3v) is 3.32. The fourth-order valence-corrected chi connectivity index (χ4v) is 2.25. The van der Waals surface area contributed by atoms with Crippen molar-refractivity contribution in [3.8, 4) is 17.2 Å². The second-order valence-electron chi connectivity index (χ2n) is 5.49. The van der Waals surface area contributed by atoms with Crippen molar-refractivity contribution in [1.82, 2.24) is 5.32 Å². The zero-order chi connectivity index (χ0) is 17.4. The first-order valence-electron chi connectivity index (χ1n) is 7.81. The first-order valence-corrected chi connectivity index (χ1v) is 7.81. The van der Waals surface area contributed by atoms with Crippen LogP contribution in [-0.4, -0.2) is 32.8 Å². The minimum absolute atomic E-state index is 0.0319. The van der Waals surface area contributed by atoms with Crippen LogP contribution < -0.4 is 19.5 Å². The van der Waals surface area contributed by atoms with Gasteiger partial charge in [-0.25, -0.2) is 0 Å². The summed E-state index contributed by atoms with van der Waals surface area (Å²) in [7, 11) is 1.60. The first-order chi connectivity index (χ1) is 11.6. The van der Waals surface area contributed by atoms with E-state index in [-0.39, 0.29) is 12.5 Å². The van der Waals surface area contributed by atoms with Crippen LogP contribution in [0.15, 0.2) is 42.5 Å². The second kappa shape index (κ2) is 8.82. The topological polar surface area (TPSA) is 56.8 Å². The molecule has 1 N–H and O–H groups in total. The summed E-state index contributed by atoms with van der Waals surface area (Å²) in [6.07, 6.45) is 0. The lowest BCUT2D eigenvalue weighted by Gasteiger charge is -2.10. The van der Waals surface area contributed by atoms with Gasteiger partial charge in [0, 0.05) is 0 Å². The molecule has 0 saturated carbocycles. The number of hydrogen-bond acceptors (Lipinski definition) is 4. The fraction of sp³-hybridized carbons (Fsp3) is 0.316. The van der Waals surface area contributed by atoms with Crippen LogP contribution in [0.25, 0.3) is 0 Å². The van der Waals surface area contributed by atoms with Crippen molar-refractivity contribution in [2.75, 3.05) is 26.9 Å². The minimum Gasteiger partial charge on any atom is -0.497 e. The SMILES string of the molecule is COc1ccc(OCC(=O)NCCOc2cc(C)cc(C)c2)cc1. The number of ether oxygens (including phenoxy) is 3. The van der Waals surface area contributed by atoms with Gasteiger partial charge in [0.25, 0.3) is 5.91 Å². The number of carbonyl (C=O) groups excluding carboxylic acids is 1. The average Bonchev–Trinajstić information content (AvgIpc) is 2.56. The standard InChI is InChI=1S/C19H23NO4/c1-14-10-15(2)12-18(11-14)23-9-8-20-19(21)13-24-17-6-4-16(22-3)5-7-17/h4-7,10-12H,8-9,13H2,1-3H3,(H,20,21). The Morgan fingerprint density at radius 2 is 1.54 bits per heavy atom. The van der Waals surface area contributed by atoms with E-state index in [4.69, 9.17) is 14.2 Å². The van der Waals surface area contributed by atoms with Crippen molar-refractivity contribution in [2.45, 2.75) is 13.8 Å². The number of rotatable bonds is 8. The molecular weight excluding hydrogens is 306 g/mol. The lowest BCUT2D eigenvalue weighted by molar-refractivity contribution is -0.123. The molecule has 0 unspecified atom stereocenters. The van der Waals surface area contributed by atoms with Gasteiger partial charge in [-0.15, -0.1) is 0 Å². The van der Waals surface area contributed by atoms with Gasteiger partial charge in [-0.3, -0.25) is 4.79 Å². The van der Waals surface area contributed by atoms with Gasteiger partial charge >= 0.3 is 0 Å². The number of benzene rings is 2. The third kappa shape index (κ3) is 5.83. The van der Waals surface area contributed by atoms with Gasteiger partial charge in [0.1, 0.15) is 23.9 Å². The summed E-state index contributed by atoms with van der Waals surface area (Å²) in [4.78, 5) is 11.7. The highest BCUT2D eigenvalue weighted by Crippen LogP contribution is 2.17. The van der Waals surface area contributed by atoms with Crippen LogP contribution in [0.4, 0.5) is 0 Å². The highest BCUT2D eigenvalue weighted by molar-refractivity contribution is 5.77. The fourth-order valence-electron chi connectivity index (χ4n) is 2.25. The zero-order valence-corrected chi connectivity index (χ0v) is 14.3. The summed E-state index contributed by atoms with van der Waals surface area (Å²) >= 11 is 0. The molecule has 0 radical (unpaired) electrons. The predicted molar refractivity (Wildman–Crippen MR) is 92.9 cm³/mol. The molecule has 2 aromatic carbocycles. The molecule has 24 heavy (non-hydrogen) atoms. The van der Waals surface area contributed by atoms with Gasteiger partial charge in [0.05, 0.1) is 13.7 Å². The monoisotopic (exact) mass is 329 g/mol. The Kier molecular flexibility index (Phi) is 6.49. The summed E-state index contributed by atoms with van der Waals surface area (Å²) in [5, 5.41) is 2.76. The summed E-state index contributed by atoms with van der Waals surface area (Å²) < 4.78 is 16.1. The van der Waals surface area contributed by atoms with Crippen LogP contribution in [0, 0.1) is 13.8 Å². The average molecular weight is 329 g/mol. The zero-order valence-electron chi connectivity index (χ0n) is 14.3. The van der Waals surface area contributed by atoms with Crippen molar-refractivity contribution in [1.29, 1.82) is 0 Å². The van der Waals surface area contributed by atoms with Gasteiger partial charge in [-0.05, 0) is 61.4 Å². The summed E-state index contributed by atoms with van der Waals surface area (Å²) in [5.74, 6) is 2.00. The third-order valence-electron chi connectivity index (χ3n) is 3.32. The molecule has 0 aliphatic rings. The Labute approximate surface area is 142 Å². The minimum atomic E-state index is -0.185. The van der Waals surface area contributed by atoms with E-state index in [1.165, 1.54) is 0 Å². The van der Waals surface area contributed by atoms with Crippen LogP contribution in [0.3, 0.4) is 0 Å². The highest BCUT2D eigenvalue weighted by atomic mass is 16.5. The molecule has 5 nitrogen and oxygen atoms in total. The van der Waals surface area contributed by atoms with Crippen LogP contribution in [-0.2, 0) is 4.79 Å². The molecule has 0 aromatic heterocycles. The van der Waals surface area contributed by atoms with Crippen LogP contribution >= 0.6 is 0 Å². The molecule has 1 amide bonds. The summed E-state index contributed by atoms with van der Waals surface area (Å²) in [6.45, 7) is 4.86. The van der Waals surface area contributed by atoms with Crippen LogP contribution in [0.2, 0.25) is 0 Å². The molecule has 0 spiro atoms. The van der Waals surface area contributed by atoms with E-state index in [1.54, 1.807) is 31.4 Å². The molecule has 0 saturated heterocycles. The molecule has 0 heterocycles. The highest BCUT2D eigenvalue weighted by Gasteiger charge is 2.03. The van der Waals surface area contributed by atoms with Crippen molar-refractivity contribution >= 4 is 5.91 Å². The van der Waals surface area contributed by atoms with E-state index in [2.05, 4.69) is 11.4 Å². The van der Waals surface area contributed by atoms with Crippen molar-refractivity contribution in [3.63, 3.8) is 0 Å². The molecule has 128 valence electrons. The number of hydrogen-bond donors (Lipinski definition) is 1. The number of methoxy groups -OCH3 is 1. The predicted octanol–water partition coefficient (Wildman–Crippen LogP) is 2.89. The van der Waals surface area contributed by atoms with Crippen molar-refractivity contribution in [3.05, 3.63) is 53.6 Å². The van der Waals surface area contributed by atoms with Crippen LogP contribution in [0.1, 0.15) is 11.1 Å². The molecule has 0 atom stereocenters. The van der Waals surface area contributed by atoms with Gasteiger partial charge in [0.2, 0.25) is 0 Å². The molecule has 5 heteroatoms. The number of aryl methyl sites for hydroxylation is 2. The maximum Gasteiger partial charge on any atom is 0.258 e. The molecule has 2 rings (SSSR count). The van der Waals surface area contributed by atoms with Gasteiger partial charge in [0.15, 0.2) is 6.61 Å². The Bertz CT molecular complexity index is 647. The number of nitrogens with one attached hydrogen (secondary N) is 1. The van der Waals surface area contributed by atoms with E-state index in [0.717, 1.165) is 22.6 Å². The van der Waals surface area contributed by atoms with E-state index in [0.29, 0.717) is 18.9 Å². The Morgan fingerprint density at radius 3 is 2.17 bits per heavy atom. The normalized spacial score (nSPS) is 10.1. The maximum absolute atomic E-state index is 11.7. The number of carbonyl (C=O) groups is 1. The Balaban J connectivity index is 1.65. The van der Waals surface area contributed by atoms with Gasteiger partial charge in [-0.1, -0.05) is 6.07 Å². The maximum atomic E-state index is 11.7. The van der Waals surface area contributed by atoms with Gasteiger partial charge in [-0.2, -0.15) is 0 Å².